The molecule has 290 valence electrons. The lowest BCUT2D eigenvalue weighted by Crippen LogP contribution is -2.60. The summed E-state index contributed by atoms with van der Waals surface area (Å²) in [4.78, 5) is 63.3. The largest absolute Gasteiger partial charge is 0.497 e. The van der Waals surface area contributed by atoms with Gasteiger partial charge in [-0.2, -0.15) is 15.0 Å². The molecule has 0 bridgehead atoms. The van der Waals surface area contributed by atoms with E-state index in [0.717, 1.165) is 5.56 Å². The molecule has 1 saturated heterocycles. The molecule has 19 heteroatoms. The molecule has 3 aliphatic rings. The summed E-state index contributed by atoms with van der Waals surface area (Å²) in [7, 11) is -2.34. The Morgan fingerprint density at radius 3 is 2.40 bits per heavy atom. The average Bonchev–Trinajstić information content (AvgIpc) is 3.72. The average molecular weight is 791 g/mol. The number of hydrogen-bond acceptors (Lipinski definition) is 12. The monoisotopic (exact) mass is 790 g/mol. The zero-order valence-corrected chi connectivity index (χ0v) is 32.3. The quantitative estimate of drug-likeness (QED) is 0.144. The molecule has 4 aromatic rings. The molecule has 0 spiro atoms. The Hall–Kier alpha value is -5.43. The van der Waals surface area contributed by atoms with Gasteiger partial charge in [-0.05, 0) is 55.0 Å². The molecule has 4 amide bonds. The first kappa shape index (κ1) is 37.9. The topological polar surface area (TPSA) is 223 Å². The number of carbonyl (C=O) groups is 4. The lowest BCUT2D eigenvalue weighted by Gasteiger charge is -2.35. The van der Waals surface area contributed by atoms with Gasteiger partial charge in [0.25, 0.3) is 11.8 Å². The van der Waals surface area contributed by atoms with Crippen LogP contribution in [0.5, 0.6) is 5.75 Å². The van der Waals surface area contributed by atoms with Crippen molar-refractivity contribution in [1.29, 1.82) is 0 Å². The normalized spacial score (nSPS) is 22.8. The molecule has 1 aliphatic heterocycles. The highest BCUT2D eigenvalue weighted by molar-refractivity contribution is 7.91. The smallest absolute Gasteiger partial charge is 0.269 e. The van der Waals surface area contributed by atoms with Gasteiger partial charge < -0.3 is 20.3 Å². The number of hydrogen-bond donors (Lipinski definition) is 4. The van der Waals surface area contributed by atoms with Crippen LogP contribution in [0.25, 0.3) is 22.0 Å². The Balaban J connectivity index is 1.23. The van der Waals surface area contributed by atoms with Crippen LogP contribution < -0.4 is 20.1 Å². The third-order valence-electron chi connectivity index (χ3n) is 10.2. The van der Waals surface area contributed by atoms with Crippen LogP contribution in [0.4, 0.5) is 0 Å². The Morgan fingerprint density at radius 1 is 1.09 bits per heavy atom. The molecule has 4 N–H and O–H groups in total. The van der Waals surface area contributed by atoms with Gasteiger partial charge in [0.2, 0.25) is 21.8 Å². The molecule has 3 fully saturated rings. The molecular weight excluding hydrogens is 749 g/mol. The number of sulfonamides is 1. The first-order valence-corrected chi connectivity index (χ1v) is 20.2. The highest BCUT2D eigenvalue weighted by atomic mass is 32.2. The Morgan fingerprint density at radius 2 is 1.82 bits per heavy atom. The summed E-state index contributed by atoms with van der Waals surface area (Å²) in [5.41, 5.74) is -0.472. The van der Waals surface area contributed by atoms with E-state index in [-0.39, 0.29) is 25.1 Å². The highest BCUT2D eigenvalue weighted by Crippen LogP contribution is 2.46. The van der Waals surface area contributed by atoms with E-state index < -0.39 is 73.9 Å². The molecule has 2 saturated carbocycles. The number of nitrogens with zero attached hydrogens (tertiary/aromatic N) is 6. The Kier molecular flexibility index (Phi) is 9.87. The minimum atomic E-state index is -3.92. The zero-order chi connectivity index (χ0) is 39.3. The number of ether oxygens (including phenoxy) is 1. The minimum Gasteiger partial charge on any atom is -0.497 e. The lowest BCUT2D eigenvalue weighted by molar-refractivity contribution is -0.142. The summed E-state index contributed by atoms with van der Waals surface area (Å²) in [6, 6.07) is 5.87. The van der Waals surface area contributed by atoms with Crippen molar-refractivity contribution < 1.29 is 32.3 Å². The summed E-state index contributed by atoms with van der Waals surface area (Å²) in [5.74, 6) is -2.51. The molecule has 4 heterocycles. The number of benzene rings is 1. The third-order valence-corrected chi connectivity index (χ3v) is 12.8. The van der Waals surface area contributed by atoms with Crippen molar-refractivity contribution in [3.8, 4) is 27.7 Å². The van der Waals surface area contributed by atoms with Crippen molar-refractivity contribution in [2.24, 2.45) is 11.3 Å². The number of rotatable bonds is 13. The maximum absolute atomic E-state index is 14.7. The van der Waals surface area contributed by atoms with Crippen LogP contribution in [0.3, 0.4) is 0 Å². The van der Waals surface area contributed by atoms with Crippen molar-refractivity contribution in [3.05, 3.63) is 66.5 Å². The SMILES string of the molecule is C=C[C@@H]1C[C@@]1(NC(=O)[C@@H]1C[C@@H](n2nc(-c3ccc(OC)cc3)c(-c3nccs3)n2)CN1C(=O)[C@@H](NC(=O)c1ccn[nH]1)C(C)(C)C)C(=O)NS(=O)(=O)C1CC1. The van der Waals surface area contributed by atoms with Crippen molar-refractivity contribution in [1.82, 2.24) is 50.4 Å². The van der Waals surface area contributed by atoms with E-state index in [9.17, 15) is 27.6 Å². The molecule has 7 rings (SSSR count). The second-order valence-corrected chi connectivity index (χ2v) is 18.0. The van der Waals surface area contributed by atoms with E-state index in [1.165, 1.54) is 39.4 Å². The van der Waals surface area contributed by atoms with Gasteiger partial charge in [0.05, 0.1) is 18.4 Å². The van der Waals surface area contributed by atoms with Gasteiger partial charge in [-0.15, -0.1) is 23.0 Å². The number of carbonyl (C=O) groups excluding carboxylic acids is 4. The van der Waals surface area contributed by atoms with E-state index in [0.29, 0.717) is 35.0 Å². The molecule has 17 nitrogen and oxygen atoms in total. The van der Waals surface area contributed by atoms with E-state index in [2.05, 4.69) is 37.1 Å². The van der Waals surface area contributed by atoms with Crippen LogP contribution in [0.15, 0.2) is 60.8 Å². The van der Waals surface area contributed by atoms with Crippen molar-refractivity contribution in [3.63, 3.8) is 0 Å². The molecule has 1 aromatic carbocycles. The van der Waals surface area contributed by atoms with Crippen LogP contribution in [0, 0.1) is 11.3 Å². The van der Waals surface area contributed by atoms with Crippen LogP contribution >= 0.6 is 11.3 Å². The summed E-state index contributed by atoms with van der Waals surface area (Å²) in [6.07, 6.45) is 5.64. The standard InChI is InChI=1S/C36H42N10O7S2/c1-6-21-18-36(21,34(50)44-55(51,52)24-11-12-24)40-31(48)26-17-22(19-45(26)33(49)29(35(2,3)4)39-30(47)25-13-14-38-41-25)46-42-27(20-7-9-23(53-5)10-8-20)28(43-46)32-37-15-16-54-32/h6-10,13-16,21-22,24,26,29H,1,11-12,17-19H2,2-5H3,(H,38,41)(H,39,47)(H,40,48)(H,44,50)/t21-,22-,26+,29-,36+/m1/s1. The number of aromatic nitrogens is 6. The summed E-state index contributed by atoms with van der Waals surface area (Å²) < 4.78 is 33.0. The van der Waals surface area contributed by atoms with Crippen molar-refractivity contribution in [2.45, 2.75) is 75.4 Å². The second-order valence-electron chi connectivity index (χ2n) is 15.1. The highest BCUT2D eigenvalue weighted by Gasteiger charge is 2.62. The van der Waals surface area contributed by atoms with Gasteiger partial charge in [-0.3, -0.25) is 29.0 Å². The predicted octanol–water partition coefficient (Wildman–Crippen LogP) is 2.46. The van der Waals surface area contributed by atoms with Gasteiger partial charge in [0.1, 0.15) is 45.5 Å². The summed E-state index contributed by atoms with van der Waals surface area (Å²) in [5, 5.41) is 23.6. The molecule has 0 unspecified atom stereocenters. The van der Waals surface area contributed by atoms with Crippen LogP contribution in [0.1, 0.15) is 63.0 Å². The number of methoxy groups -OCH3 is 1. The molecule has 0 radical (unpaired) electrons. The molecule has 55 heavy (non-hydrogen) atoms. The van der Waals surface area contributed by atoms with Crippen molar-refractivity contribution >= 4 is 45.0 Å². The summed E-state index contributed by atoms with van der Waals surface area (Å²) >= 11 is 1.38. The maximum Gasteiger partial charge on any atom is 0.269 e. The first-order chi connectivity index (χ1) is 26.1. The van der Waals surface area contributed by atoms with Crippen LogP contribution in [-0.2, 0) is 24.4 Å². The molecule has 5 atom stereocenters. The van der Waals surface area contributed by atoms with Gasteiger partial charge in [-0.25, -0.2) is 13.4 Å². The number of likely N-dealkylation sites (tertiary alicyclic amines) is 1. The van der Waals surface area contributed by atoms with E-state index in [4.69, 9.17) is 14.9 Å². The van der Waals surface area contributed by atoms with E-state index in [1.54, 1.807) is 46.2 Å². The molecular formula is C36H42N10O7S2. The van der Waals surface area contributed by atoms with Gasteiger partial charge in [0, 0.05) is 42.2 Å². The summed E-state index contributed by atoms with van der Waals surface area (Å²) in [6.45, 7) is 9.13. The molecule has 3 aromatic heterocycles. The van der Waals surface area contributed by atoms with E-state index >= 15 is 0 Å². The zero-order valence-electron chi connectivity index (χ0n) is 30.7. The number of nitrogens with one attached hydrogen (secondary N) is 4. The molecule has 2 aliphatic carbocycles. The number of aromatic amines is 1. The first-order valence-electron chi connectivity index (χ1n) is 17.8. The van der Waals surface area contributed by atoms with Crippen molar-refractivity contribution in [2.75, 3.05) is 13.7 Å². The van der Waals surface area contributed by atoms with E-state index in [1.807, 2.05) is 17.5 Å². The van der Waals surface area contributed by atoms with Gasteiger partial charge in [0.15, 0.2) is 0 Å². The fourth-order valence-corrected chi connectivity index (χ4v) is 8.80. The predicted molar refractivity (Wildman–Crippen MR) is 201 cm³/mol. The maximum atomic E-state index is 14.7. The number of H-pyrrole nitrogens is 1. The minimum absolute atomic E-state index is 0.0301. The fourth-order valence-electron chi connectivity index (χ4n) is 6.81. The third kappa shape index (κ3) is 7.49. The second kappa shape index (κ2) is 14.3. The number of amides is 4. The van der Waals surface area contributed by atoms with Crippen LogP contribution in [-0.4, -0.2) is 104 Å². The Labute approximate surface area is 321 Å². The number of thiazole rings is 1. The fraction of sp³-hybridized carbons (Fsp3) is 0.444. The van der Waals surface area contributed by atoms with Gasteiger partial charge >= 0.3 is 0 Å². The Bertz CT molecular complexity index is 2210. The van der Waals surface area contributed by atoms with Gasteiger partial charge in [-0.1, -0.05) is 26.8 Å². The van der Waals surface area contributed by atoms with Crippen LogP contribution in [0.2, 0.25) is 0 Å². The lowest BCUT2D eigenvalue weighted by atomic mass is 9.85.